The third-order valence-corrected chi connectivity index (χ3v) is 4.13. The van der Waals surface area contributed by atoms with Gasteiger partial charge in [0.25, 0.3) is 0 Å². The van der Waals surface area contributed by atoms with E-state index in [0.717, 1.165) is 30.5 Å². The van der Waals surface area contributed by atoms with E-state index in [1.165, 1.54) is 25.9 Å². The molecule has 0 spiro atoms. The Morgan fingerprint density at radius 3 is 3.00 bits per heavy atom. The highest BCUT2D eigenvalue weighted by Crippen LogP contribution is 2.31. The van der Waals surface area contributed by atoms with Crippen LogP contribution in [0.2, 0.25) is 0 Å². The zero-order chi connectivity index (χ0) is 13.8. The smallest absolute Gasteiger partial charge is 0.161 e. The summed E-state index contributed by atoms with van der Waals surface area (Å²) in [6.45, 7) is 5.09. The number of nitrogens with one attached hydrogen (secondary N) is 1. The molecule has 1 saturated heterocycles. The summed E-state index contributed by atoms with van der Waals surface area (Å²) in [5.74, 6) is 2.52. The molecule has 1 aromatic carbocycles. The fourth-order valence-electron chi connectivity index (χ4n) is 3.21. The SMILES string of the molecule is CNCC1CCCN(CC2COc3ccccc3O2)C1. The van der Waals surface area contributed by atoms with Crippen molar-refractivity contribution in [3.05, 3.63) is 24.3 Å². The van der Waals surface area contributed by atoms with Gasteiger partial charge in [0.05, 0.1) is 0 Å². The van der Waals surface area contributed by atoms with E-state index in [0.29, 0.717) is 6.61 Å². The van der Waals surface area contributed by atoms with E-state index in [9.17, 15) is 0 Å². The quantitative estimate of drug-likeness (QED) is 0.908. The van der Waals surface area contributed by atoms with Crippen LogP contribution in [0.25, 0.3) is 0 Å². The summed E-state index contributed by atoms with van der Waals surface area (Å²) in [7, 11) is 2.04. The van der Waals surface area contributed by atoms with Crippen LogP contribution >= 0.6 is 0 Å². The molecular weight excluding hydrogens is 252 g/mol. The molecule has 1 aromatic rings. The average Bonchev–Trinajstić information content (AvgIpc) is 2.48. The van der Waals surface area contributed by atoms with Crippen molar-refractivity contribution in [3.8, 4) is 11.5 Å². The molecule has 2 atom stereocenters. The lowest BCUT2D eigenvalue weighted by Gasteiger charge is -2.36. The Labute approximate surface area is 121 Å². The number of nitrogens with zero attached hydrogens (tertiary/aromatic N) is 1. The second-order valence-corrected chi connectivity index (χ2v) is 5.82. The van der Waals surface area contributed by atoms with Crippen LogP contribution in [-0.4, -0.2) is 50.8 Å². The average molecular weight is 276 g/mol. The van der Waals surface area contributed by atoms with Gasteiger partial charge in [-0.25, -0.2) is 0 Å². The zero-order valence-electron chi connectivity index (χ0n) is 12.2. The number of benzene rings is 1. The highest BCUT2D eigenvalue weighted by Gasteiger charge is 2.26. The van der Waals surface area contributed by atoms with Crippen molar-refractivity contribution in [2.75, 3.05) is 39.8 Å². The van der Waals surface area contributed by atoms with Gasteiger partial charge in [0.2, 0.25) is 0 Å². The van der Waals surface area contributed by atoms with Gasteiger partial charge in [0, 0.05) is 13.1 Å². The van der Waals surface area contributed by atoms with Crippen LogP contribution in [0.15, 0.2) is 24.3 Å². The summed E-state index contributed by atoms with van der Waals surface area (Å²) >= 11 is 0. The van der Waals surface area contributed by atoms with E-state index in [2.05, 4.69) is 10.2 Å². The number of piperidine rings is 1. The van der Waals surface area contributed by atoms with E-state index in [-0.39, 0.29) is 6.10 Å². The van der Waals surface area contributed by atoms with Gasteiger partial charge in [-0.1, -0.05) is 12.1 Å². The molecule has 4 heteroatoms. The molecular formula is C16H24N2O2. The molecule has 2 aliphatic rings. The summed E-state index contributed by atoms with van der Waals surface area (Å²) in [4.78, 5) is 2.52. The fourth-order valence-corrected chi connectivity index (χ4v) is 3.21. The van der Waals surface area contributed by atoms with E-state index < -0.39 is 0 Å². The Hall–Kier alpha value is -1.26. The molecule has 1 fully saturated rings. The van der Waals surface area contributed by atoms with Crippen LogP contribution in [-0.2, 0) is 0 Å². The van der Waals surface area contributed by atoms with E-state index in [4.69, 9.17) is 9.47 Å². The molecule has 3 rings (SSSR count). The van der Waals surface area contributed by atoms with E-state index >= 15 is 0 Å². The van der Waals surface area contributed by atoms with Gasteiger partial charge < -0.3 is 14.8 Å². The van der Waals surface area contributed by atoms with Crippen molar-refractivity contribution in [2.24, 2.45) is 5.92 Å². The van der Waals surface area contributed by atoms with Gasteiger partial charge in [-0.05, 0) is 51.0 Å². The predicted molar refractivity (Wildman–Crippen MR) is 79.4 cm³/mol. The number of ether oxygens (including phenoxy) is 2. The third kappa shape index (κ3) is 3.25. The molecule has 0 bridgehead atoms. The number of hydrogen-bond donors (Lipinski definition) is 1. The van der Waals surface area contributed by atoms with Gasteiger partial charge in [0.15, 0.2) is 11.5 Å². The normalized spacial score (nSPS) is 26.4. The Balaban J connectivity index is 1.54. The zero-order valence-corrected chi connectivity index (χ0v) is 12.2. The Morgan fingerprint density at radius 2 is 2.15 bits per heavy atom. The Kier molecular flexibility index (Phi) is 4.43. The maximum Gasteiger partial charge on any atom is 0.161 e. The number of hydrogen-bond acceptors (Lipinski definition) is 4. The van der Waals surface area contributed by atoms with Crippen molar-refractivity contribution in [3.63, 3.8) is 0 Å². The minimum Gasteiger partial charge on any atom is -0.486 e. The highest BCUT2D eigenvalue weighted by atomic mass is 16.6. The summed E-state index contributed by atoms with van der Waals surface area (Å²) < 4.78 is 11.8. The molecule has 2 heterocycles. The van der Waals surface area contributed by atoms with E-state index in [1.54, 1.807) is 0 Å². The first kappa shape index (κ1) is 13.7. The van der Waals surface area contributed by atoms with Crippen LogP contribution in [0, 0.1) is 5.92 Å². The number of rotatable bonds is 4. The monoisotopic (exact) mass is 276 g/mol. The van der Waals surface area contributed by atoms with Gasteiger partial charge in [-0.15, -0.1) is 0 Å². The topological polar surface area (TPSA) is 33.7 Å². The Morgan fingerprint density at radius 1 is 1.30 bits per heavy atom. The van der Waals surface area contributed by atoms with Crippen molar-refractivity contribution < 1.29 is 9.47 Å². The summed E-state index contributed by atoms with van der Waals surface area (Å²) in [6.07, 6.45) is 2.77. The minimum atomic E-state index is 0.151. The second kappa shape index (κ2) is 6.46. The molecule has 2 unspecified atom stereocenters. The first-order valence-corrected chi connectivity index (χ1v) is 7.60. The molecule has 1 N–H and O–H groups in total. The predicted octanol–water partition coefficient (Wildman–Crippen LogP) is 1.76. The standard InChI is InChI=1S/C16H24N2O2/c1-17-9-13-5-4-8-18(10-13)11-14-12-19-15-6-2-3-7-16(15)20-14/h2-3,6-7,13-14,17H,4-5,8-12H2,1H3. The molecule has 2 aliphatic heterocycles. The van der Waals surface area contributed by atoms with Crippen molar-refractivity contribution in [2.45, 2.75) is 18.9 Å². The lowest BCUT2D eigenvalue weighted by atomic mass is 9.98. The summed E-state index contributed by atoms with van der Waals surface area (Å²) in [5, 5.41) is 3.29. The molecule has 0 aliphatic carbocycles. The molecule has 0 radical (unpaired) electrons. The van der Waals surface area contributed by atoms with Gasteiger partial charge >= 0.3 is 0 Å². The van der Waals surface area contributed by atoms with Gasteiger partial charge in [-0.2, -0.15) is 0 Å². The van der Waals surface area contributed by atoms with Crippen molar-refractivity contribution >= 4 is 0 Å². The summed E-state index contributed by atoms with van der Waals surface area (Å²) in [5.41, 5.74) is 0. The second-order valence-electron chi connectivity index (χ2n) is 5.82. The van der Waals surface area contributed by atoms with Crippen molar-refractivity contribution in [1.29, 1.82) is 0 Å². The van der Waals surface area contributed by atoms with Crippen LogP contribution in [0.1, 0.15) is 12.8 Å². The number of fused-ring (bicyclic) bond motifs is 1. The lowest BCUT2D eigenvalue weighted by Crippen LogP contribution is -2.46. The maximum absolute atomic E-state index is 6.05. The Bertz CT molecular complexity index is 436. The highest BCUT2D eigenvalue weighted by molar-refractivity contribution is 5.40. The van der Waals surface area contributed by atoms with Crippen molar-refractivity contribution in [1.82, 2.24) is 10.2 Å². The fraction of sp³-hybridized carbons (Fsp3) is 0.625. The van der Waals surface area contributed by atoms with Gasteiger partial charge in [-0.3, -0.25) is 4.90 Å². The van der Waals surface area contributed by atoms with Crippen LogP contribution in [0.4, 0.5) is 0 Å². The van der Waals surface area contributed by atoms with Crippen LogP contribution in [0.5, 0.6) is 11.5 Å². The van der Waals surface area contributed by atoms with E-state index in [1.807, 2.05) is 31.3 Å². The van der Waals surface area contributed by atoms with Crippen LogP contribution < -0.4 is 14.8 Å². The molecule has 110 valence electrons. The number of likely N-dealkylation sites (tertiary alicyclic amines) is 1. The number of para-hydroxylation sites is 2. The molecule has 0 amide bonds. The molecule has 0 aromatic heterocycles. The first-order valence-electron chi connectivity index (χ1n) is 7.60. The minimum absolute atomic E-state index is 0.151. The van der Waals surface area contributed by atoms with Crippen LogP contribution in [0.3, 0.4) is 0 Å². The van der Waals surface area contributed by atoms with Gasteiger partial charge in [0.1, 0.15) is 12.7 Å². The molecule has 20 heavy (non-hydrogen) atoms. The molecule has 0 saturated carbocycles. The largest absolute Gasteiger partial charge is 0.486 e. The maximum atomic E-state index is 6.05. The lowest BCUT2D eigenvalue weighted by molar-refractivity contribution is 0.0452. The summed E-state index contributed by atoms with van der Waals surface area (Å²) in [6, 6.07) is 7.93. The third-order valence-electron chi connectivity index (χ3n) is 4.13. The first-order chi connectivity index (χ1) is 9.85. The molecule has 4 nitrogen and oxygen atoms in total.